The standard InChI is InChI=1S/C22H28N4O/c1-26-14-19(20(25-26)18-3-2-5-23-13-18)21(27)24-6-4-22-10-15-7-16(11-22)9-17(8-15)12-22/h2-3,5,13-17H,4,6-12H2,1H3,(H,24,27). The molecule has 2 aromatic heterocycles. The number of nitrogens with zero attached hydrogens (tertiary/aromatic N) is 3. The Labute approximate surface area is 160 Å². The van der Waals surface area contributed by atoms with Crippen molar-refractivity contribution in [1.82, 2.24) is 20.1 Å². The number of pyridine rings is 1. The fraction of sp³-hybridized carbons (Fsp3) is 0.591. The molecule has 142 valence electrons. The van der Waals surface area contributed by atoms with Crippen molar-refractivity contribution in [3.8, 4) is 11.3 Å². The highest BCUT2D eigenvalue weighted by Gasteiger charge is 2.50. The van der Waals surface area contributed by atoms with Gasteiger partial charge < -0.3 is 5.32 Å². The minimum absolute atomic E-state index is 0.0216. The average molecular weight is 364 g/mol. The van der Waals surface area contributed by atoms with Crippen molar-refractivity contribution in [1.29, 1.82) is 0 Å². The van der Waals surface area contributed by atoms with Crippen LogP contribution in [-0.2, 0) is 7.05 Å². The van der Waals surface area contributed by atoms with Gasteiger partial charge in [0.05, 0.1) is 5.56 Å². The molecule has 0 aliphatic heterocycles. The molecule has 1 amide bonds. The summed E-state index contributed by atoms with van der Waals surface area (Å²) in [7, 11) is 1.85. The molecule has 2 aromatic rings. The van der Waals surface area contributed by atoms with E-state index in [9.17, 15) is 4.79 Å². The molecule has 1 N–H and O–H groups in total. The molecule has 0 radical (unpaired) electrons. The van der Waals surface area contributed by atoms with E-state index < -0.39 is 0 Å². The summed E-state index contributed by atoms with van der Waals surface area (Å²) in [6, 6.07) is 3.82. The molecule has 4 bridgehead atoms. The van der Waals surface area contributed by atoms with Crippen molar-refractivity contribution >= 4 is 5.91 Å². The smallest absolute Gasteiger partial charge is 0.255 e. The summed E-state index contributed by atoms with van der Waals surface area (Å²) >= 11 is 0. The molecule has 0 unspecified atom stereocenters. The molecular weight excluding hydrogens is 336 g/mol. The third kappa shape index (κ3) is 3.17. The monoisotopic (exact) mass is 364 g/mol. The van der Waals surface area contributed by atoms with Gasteiger partial charge in [0.15, 0.2) is 0 Å². The Morgan fingerprint density at radius 3 is 2.56 bits per heavy atom. The number of carbonyl (C=O) groups is 1. The van der Waals surface area contributed by atoms with E-state index in [1.807, 2.05) is 25.4 Å². The first-order valence-corrected chi connectivity index (χ1v) is 10.3. The normalized spacial score (nSPS) is 31.2. The Bertz CT molecular complexity index is 806. The van der Waals surface area contributed by atoms with Gasteiger partial charge in [-0.1, -0.05) is 0 Å². The minimum atomic E-state index is -0.0216. The fourth-order valence-electron chi connectivity index (χ4n) is 6.50. The van der Waals surface area contributed by atoms with Gasteiger partial charge in [-0.2, -0.15) is 5.10 Å². The number of aromatic nitrogens is 3. The molecule has 6 rings (SSSR count). The van der Waals surface area contributed by atoms with E-state index in [1.165, 1.54) is 38.5 Å². The van der Waals surface area contributed by atoms with Crippen molar-refractivity contribution < 1.29 is 4.79 Å². The SMILES string of the molecule is Cn1cc(C(=O)NCCC23CC4CC(CC(C4)C2)C3)c(-c2cccnc2)n1. The molecular formula is C22H28N4O. The summed E-state index contributed by atoms with van der Waals surface area (Å²) in [6.45, 7) is 0.770. The molecule has 0 spiro atoms. The number of aryl methyl sites for hydroxylation is 1. The molecule has 4 fully saturated rings. The van der Waals surface area contributed by atoms with Crippen LogP contribution in [0.3, 0.4) is 0 Å². The van der Waals surface area contributed by atoms with E-state index in [-0.39, 0.29) is 5.91 Å². The first-order chi connectivity index (χ1) is 13.1. The number of carbonyl (C=O) groups excluding carboxylic acids is 1. The largest absolute Gasteiger partial charge is 0.352 e. The number of rotatable bonds is 5. The molecule has 4 aliphatic rings. The van der Waals surface area contributed by atoms with Gasteiger partial charge in [-0.25, -0.2) is 0 Å². The van der Waals surface area contributed by atoms with Crippen LogP contribution in [0.25, 0.3) is 11.3 Å². The highest BCUT2D eigenvalue weighted by Crippen LogP contribution is 2.61. The summed E-state index contributed by atoms with van der Waals surface area (Å²) in [6.07, 6.45) is 15.0. The second kappa shape index (κ2) is 6.47. The van der Waals surface area contributed by atoms with Crippen molar-refractivity contribution in [2.75, 3.05) is 6.54 Å². The summed E-state index contributed by atoms with van der Waals surface area (Å²) in [5.74, 6) is 2.86. The third-order valence-electron chi connectivity index (χ3n) is 7.11. The number of hydrogen-bond donors (Lipinski definition) is 1. The van der Waals surface area contributed by atoms with Crippen molar-refractivity contribution in [2.24, 2.45) is 30.2 Å². The highest BCUT2D eigenvalue weighted by molar-refractivity contribution is 5.99. The van der Waals surface area contributed by atoms with E-state index >= 15 is 0 Å². The van der Waals surface area contributed by atoms with E-state index in [0.29, 0.717) is 16.7 Å². The molecule has 5 nitrogen and oxygen atoms in total. The van der Waals surface area contributed by atoms with Crippen LogP contribution in [0.2, 0.25) is 0 Å². The predicted octanol–water partition coefficient (Wildman–Crippen LogP) is 3.82. The summed E-state index contributed by atoms with van der Waals surface area (Å²) < 4.78 is 1.70. The van der Waals surface area contributed by atoms with E-state index in [0.717, 1.165) is 36.3 Å². The summed E-state index contributed by atoms with van der Waals surface area (Å²) in [4.78, 5) is 17.0. The lowest BCUT2D eigenvalue weighted by Crippen LogP contribution is -2.47. The zero-order valence-corrected chi connectivity index (χ0v) is 16.0. The van der Waals surface area contributed by atoms with Gasteiger partial charge >= 0.3 is 0 Å². The Kier molecular flexibility index (Phi) is 4.06. The van der Waals surface area contributed by atoms with Crippen molar-refractivity contribution in [2.45, 2.75) is 44.9 Å². The summed E-state index contributed by atoms with van der Waals surface area (Å²) in [5, 5.41) is 7.67. The number of nitrogens with one attached hydrogen (secondary N) is 1. The van der Waals surface area contributed by atoms with Gasteiger partial charge in [-0.05, 0) is 80.2 Å². The van der Waals surface area contributed by atoms with E-state index in [2.05, 4.69) is 15.4 Å². The number of amides is 1. The van der Waals surface area contributed by atoms with Gasteiger partial charge in [0.1, 0.15) is 5.69 Å². The van der Waals surface area contributed by atoms with E-state index in [4.69, 9.17) is 0 Å². The van der Waals surface area contributed by atoms with Crippen LogP contribution < -0.4 is 5.32 Å². The Balaban J connectivity index is 1.26. The fourth-order valence-corrected chi connectivity index (χ4v) is 6.50. The van der Waals surface area contributed by atoms with Gasteiger partial charge in [-0.3, -0.25) is 14.5 Å². The van der Waals surface area contributed by atoms with Gasteiger partial charge in [0, 0.05) is 37.7 Å². The predicted molar refractivity (Wildman–Crippen MR) is 104 cm³/mol. The van der Waals surface area contributed by atoms with Gasteiger partial charge in [-0.15, -0.1) is 0 Å². The molecule has 0 atom stereocenters. The zero-order valence-electron chi connectivity index (χ0n) is 16.0. The van der Waals surface area contributed by atoms with Gasteiger partial charge in [0.25, 0.3) is 5.91 Å². The van der Waals surface area contributed by atoms with Crippen LogP contribution >= 0.6 is 0 Å². The first-order valence-electron chi connectivity index (χ1n) is 10.3. The summed E-state index contributed by atoms with van der Waals surface area (Å²) in [5.41, 5.74) is 2.72. The quantitative estimate of drug-likeness (QED) is 0.877. The third-order valence-corrected chi connectivity index (χ3v) is 7.11. The van der Waals surface area contributed by atoms with Crippen molar-refractivity contribution in [3.63, 3.8) is 0 Å². The minimum Gasteiger partial charge on any atom is -0.352 e. The van der Waals surface area contributed by atoms with Crippen LogP contribution in [0.1, 0.15) is 55.3 Å². The Hall–Kier alpha value is -2.17. The van der Waals surface area contributed by atoms with Crippen molar-refractivity contribution in [3.05, 3.63) is 36.3 Å². The van der Waals surface area contributed by atoms with Gasteiger partial charge in [0.2, 0.25) is 0 Å². The molecule has 2 heterocycles. The maximum absolute atomic E-state index is 12.9. The molecule has 0 saturated heterocycles. The van der Waals surface area contributed by atoms with Crippen LogP contribution in [-0.4, -0.2) is 27.2 Å². The highest BCUT2D eigenvalue weighted by atomic mass is 16.1. The average Bonchev–Trinajstić information content (AvgIpc) is 3.03. The van der Waals surface area contributed by atoms with E-state index in [1.54, 1.807) is 17.1 Å². The maximum atomic E-state index is 12.9. The molecule has 4 saturated carbocycles. The Morgan fingerprint density at radius 1 is 1.22 bits per heavy atom. The molecule has 27 heavy (non-hydrogen) atoms. The topological polar surface area (TPSA) is 59.8 Å². The maximum Gasteiger partial charge on any atom is 0.255 e. The lowest BCUT2D eigenvalue weighted by Gasteiger charge is -2.57. The second-order valence-electron chi connectivity index (χ2n) is 9.23. The molecule has 4 aliphatic carbocycles. The Morgan fingerprint density at radius 2 is 1.93 bits per heavy atom. The second-order valence-corrected chi connectivity index (χ2v) is 9.23. The zero-order chi connectivity index (χ0) is 18.4. The number of hydrogen-bond acceptors (Lipinski definition) is 3. The lowest BCUT2D eigenvalue weighted by molar-refractivity contribution is -0.0564. The van der Waals surface area contributed by atoms with Crippen LogP contribution in [0.15, 0.2) is 30.7 Å². The first kappa shape index (κ1) is 17.0. The van der Waals surface area contributed by atoms with Crippen LogP contribution in [0.4, 0.5) is 0 Å². The molecule has 5 heteroatoms. The van der Waals surface area contributed by atoms with Crippen LogP contribution in [0.5, 0.6) is 0 Å². The van der Waals surface area contributed by atoms with Crippen LogP contribution in [0, 0.1) is 23.2 Å². The molecule has 0 aromatic carbocycles. The lowest BCUT2D eigenvalue weighted by atomic mass is 9.49.